The van der Waals surface area contributed by atoms with Crippen LogP contribution < -0.4 is 14.8 Å². The van der Waals surface area contributed by atoms with Gasteiger partial charge in [0.2, 0.25) is 11.8 Å². The zero-order valence-electron chi connectivity index (χ0n) is 22.3. The molecule has 12 heteroatoms. The fourth-order valence-electron chi connectivity index (χ4n) is 4.40. The van der Waals surface area contributed by atoms with E-state index in [0.29, 0.717) is 31.2 Å². The number of benzene rings is 2. The number of nitrogens with zero attached hydrogens (tertiary/aromatic N) is 1. The summed E-state index contributed by atoms with van der Waals surface area (Å²) in [6, 6.07) is 9.55. The van der Waals surface area contributed by atoms with E-state index >= 15 is 0 Å². The van der Waals surface area contributed by atoms with Gasteiger partial charge in [-0.3, -0.25) is 9.59 Å². The van der Waals surface area contributed by atoms with Crippen LogP contribution >= 0.6 is 34.2 Å². The van der Waals surface area contributed by atoms with Crippen molar-refractivity contribution in [2.45, 2.75) is 44.2 Å². The van der Waals surface area contributed by atoms with Crippen LogP contribution in [0.15, 0.2) is 48.0 Å². The molecule has 0 saturated heterocycles. The summed E-state index contributed by atoms with van der Waals surface area (Å²) in [5, 5.41) is 33.6. The van der Waals surface area contributed by atoms with Crippen LogP contribution in [0.25, 0.3) is 0 Å². The Labute approximate surface area is 252 Å². The van der Waals surface area contributed by atoms with Crippen LogP contribution in [0, 0.1) is 3.57 Å². The summed E-state index contributed by atoms with van der Waals surface area (Å²) >= 11 is 8.10. The summed E-state index contributed by atoms with van der Waals surface area (Å²) < 4.78 is 17.5. The first kappa shape index (κ1) is 32.1. The van der Waals surface area contributed by atoms with Crippen LogP contribution in [0.1, 0.15) is 24.0 Å². The standard InChI is InChI=1S/C28H34ClIN2O8/c1-38-10-7-25(35)32(15-17-3-5-20(29)6-4-17)22-13-19(28(37)31-8-9-33)14-23(26(22)36)40-27-21(30)11-18(16-34)12-24(27)39-2/h3-6,11-12,14,22-23,26,33-34,36H,7-10,13,15-16H2,1-2H3,(H,31,37)/t22-,23+,26+/m1/s1. The minimum atomic E-state index is -1.22. The van der Waals surface area contributed by atoms with Crippen molar-refractivity contribution in [3.63, 3.8) is 0 Å². The molecule has 0 radical (unpaired) electrons. The molecule has 2 aromatic rings. The Kier molecular flexibility index (Phi) is 12.5. The molecule has 3 atom stereocenters. The third-order valence-corrected chi connectivity index (χ3v) is 7.50. The van der Waals surface area contributed by atoms with Crippen LogP contribution in [0.5, 0.6) is 11.5 Å². The molecule has 0 aromatic heterocycles. The van der Waals surface area contributed by atoms with E-state index in [1.165, 1.54) is 25.2 Å². The molecule has 40 heavy (non-hydrogen) atoms. The smallest absolute Gasteiger partial charge is 0.247 e. The van der Waals surface area contributed by atoms with Gasteiger partial charge in [-0.1, -0.05) is 23.7 Å². The van der Waals surface area contributed by atoms with E-state index in [1.807, 2.05) is 22.6 Å². The summed E-state index contributed by atoms with van der Waals surface area (Å²) in [5.74, 6) is -0.0332. The Morgan fingerprint density at radius 2 is 1.88 bits per heavy atom. The Morgan fingerprint density at radius 3 is 2.50 bits per heavy atom. The summed E-state index contributed by atoms with van der Waals surface area (Å²) in [4.78, 5) is 28.0. The number of aliphatic hydroxyl groups excluding tert-OH is 3. The minimum absolute atomic E-state index is 0.0461. The lowest BCUT2D eigenvalue weighted by atomic mass is 9.87. The average molecular weight is 689 g/mol. The lowest BCUT2D eigenvalue weighted by molar-refractivity contribution is -0.140. The van der Waals surface area contributed by atoms with Gasteiger partial charge in [-0.05, 0) is 64.1 Å². The van der Waals surface area contributed by atoms with E-state index < -0.39 is 24.2 Å². The molecule has 0 spiro atoms. The zero-order chi connectivity index (χ0) is 29.2. The van der Waals surface area contributed by atoms with Gasteiger partial charge in [0.15, 0.2) is 11.5 Å². The largest absolute Gasteiger partial charge is 0.493 e. The van der Waals surface area contributed by atoms with Crippen LogP contribution in [0.4, 0.5) is 0 Å². The third kappa shape index (κ3) is 8.30. The van der Waals surface area contributed by atoms with Crippen molar-refractivity contribution in [1.82, 2.24) is 10.2 Å². The molecule has 1 aliphatic carbocycles. The van der Waals surface area contributed by atoms with Gasteiger partial charge in [0, 0.05) is 37.2 Å². The van der Waals surface area contributed by atoms with Gasteiger partial charge >= 0.3 is 0 Å². The Bertz CT molecular complexity index is 1190. The number of ether oxygens (including phenoxy) is 3. The number of rotatable bonds is 13. The number of hydrogen-bond donors (Lipinski definition) is 4. The molecule has 0 unspecified atom stereocenters. The Balaban J connectivity index is 2.02. The predicted molar refractivity (Wildman–Crippen MR) is 157 cm³/mol. The van der Waals surface area contributed by atoms with Gasteiger partial charge in [-0.2, -0.15) is 0 Å². The lowest BCUT2D eigenvalue weighted by Crippen LogP contribution is -2.55. The van der Waals surface area contributed by atoms with E-state index in [-0.39, 0.29) is 51.7 Å². The highest BCUT2D eigenvalue weighted by Crippen LogP contribution is 2.37. The fourth-order valence-corrected chi connectivity index (χ4v) is 5.32. The van der Waals surface area contributed by atoms with Crippen molar-refractivity contribution in [3.05, 3.63) is 67.8 Å². The lowest BCUT2D eigenvalue weighted by Gasteiger charge is -2.40. The molecule has 1 aliphatic rings. The molecule has 10 nitrogen and oxygen atoms in total. The van der Waals surface area contributed by atoms with Crippen molar-refractivity contribution in [2.24, 2.45) is 0 Å². The maximum atomic E-state index is 13.4. The number of aliphatic hydroxyl groups is 3. The third-order valence-electron chi connectivity index (χ3n) is 6.45. The molecule has 2 amide bonds. The minimum Gasteiger partial charge on any atom is -0.493 e. The quantitative estimate of drug-likeness (QED) is 0.236. The monoisotopic (exact) mass is 688 g/mol. The first-order chi connectivity index (χ1) is 19.2. The van der Waals surface area contributed by atoms with E-state index in [4.69, 9.17) is 25.8 Å². The highest BCUT2D eigenvalue weighted by atomic mass is 127. The summed E-state index contributed by atoms with van der Waals surface area (Å²) in [7, 11) is 2.96. The number of methoxy groups -OCH3 is 2. The van der Waals surface area contributed by atoms with Crippen LogP contribution in [-0.4, -0.2) is 84.3 Å². The highest BCUT2D eigenvalue weighted by molar-refractivity contribution is 14.1. The van der Waals surface area contributed by atoms with E-state index in [0.717, 1.165) is 5.56 Å². The summed E-state index contributed by atoms with van der Waals surface area (Å²) in [6.45, 7) is -0.0455. The van der Waals surface area contributed by atoms with Crippen molar-refractivity contribution >= 4 is 46.0 Å². The number of carbonyl (C=O) groups excluding carboxylic acids is 2. The van der Waals surface area contributed by atoms with Crippen LogP contribution in [0.2, 0.25) is 5.02 Å². The number of carbonyl (C=O) groups is 2. The van der Waals surface area contributed by atoms with Crippen molar-refractivity contribution in [1.29, 1.82) is 0 Å². The van der Waals surface area contributed by atoms with E-state index in [2.05, 4.69) is 5.32 Å². The molecular formula is C28H34ClIN2O8. The maximum absolute atomic E-state index is 13.4. The zero-order valence-corrected chi connectivity index (χ0v) is 25.2. The van der Waals surface area contributed by atoms with Gasteiger partial charge < -0.3 is 39.7 Å². The molecule has 0 saturated carbocycles. The Morgan fingerprint density at radius 1 is 1.15 bits per heavy atom. The predicted octanol–water partition coefficient (Wildman–Crippen LogP) is 2.43. The normalized spacial score (nSPS) is 18.6. The molecule has 0 bridgehead atoms. The SMILES string of the molecule is COCCC(=O)N(Cc1ccc(Cl)cc1)[C@@H]1CC(C(=O)NCCO)=C[C@H](Oc2c(I)cc(CO)cc2OC)[C@H]1O. The van der Waals surface area contributed by atoms with Crippen molar-refractivity contribution < 1.29 is 39.1 Å². The number of hydrogen-bond acceptors (Lipinski definition) is 8. The summed E-state index contributed by atoms with van der Waals surface area (Å²) in [6.07, 6.45) is -0.584. The Hall–Kier alpha value is -2.42. The van der Waals surface area contributed by atoms with Gasteiger partial charge in [-0.15, -0.1) is 0 Å². The van der Waals surface area contributed by atoms with E-state index in [9.17, 15) is 24.9 Å². The van der Waals surface area contributed by atoms with Crippen molar-refractivity contribution in [2.75, 3.05) is 34.0 Å². The second-order valence-electron chi connectivity index (χ2n) is 9.17. The molecule has 0 aliphatic heterocycles. The van der Waals surface area contributed by atoms with Crippen molar-refractivity contribution in [3.8, 4) is 11.5 Å². The van der Waals surface area contributed by atoms with Crippen LogP contribution in [0.3, 0.4) is 0 Å². The number of amides is 2. The first-order valence-corrected chi connectivity index (χ1v) is 14.1. The number of nitrogens with one attached hydrogen (secondary N) is 1. The number of halogens is 2. The van der Waals surface area contributed by atoms with Crippen LogP contribution in [-0.2, 0) is 27.5 Å². The molecular weight excluding hydrogens is 655 g/mol. The van der Waals surface area contributed by atoms with E-state index in [1.54, 1.807) is 36.4 Å². The molecule has 4 N–H and O–H groups in total. The highest BCUT2D eigenvalue weighted by Gasteiger charge is 2.41. The average Bonchev–Trinajstić information content (AvgIpc) is 2.96. The molecule has 3 rings (SSSR count). The maximum Gasteiger partial charge on any atom is 0.247 e. The van der Waals surface area contributed by atoms with Gasteiger partial charge in [0.25, 0.3) is 0 Å². The topological polar surface area (TPSA) is 138 Å². The van der Waals surface area contributed by atoms with Gasteiger partial charge in [0.1, 0.15) is 12.2 Å². The molecule has 218 valence electrons. The second-order valence-corrected chi connectivity index (χ2v) is 10.8. The van der Waals surface area contributed by atoms with Gasteiger partial charge in [0.05, 0.1) is 43.0 Å². The van der Waals surface area contributed by atoms with Gasteiger partial charge in [-0.25, -0.2) is 0 Å². The second kappa shape index (κ2) is 15.5. The molecule has 0 heterocycles. The molecule has 2 aromatic carbocycles. The summed E-state index contributed by atoms with van der Waals surface area (Å²) in [5.41, 5.74) is 1.71. The first-order valence-electron chi connectivity index (χ1n) is 12.7. The molecule has 0 fully saturated rings. The fraction of sp³-hybridized carbons (Fsp3) is 0.429.